The first-order chi connectivity index (χ1) is 14.6. The average molecular weight is 522 g/mol. The van der Waals surface area contributed by atoms with E-state index in [1.807, 2.05) is 6.92 Å². The van der Waals surface area contributed by atoms with Crippen molar-refractivity contribution >= 4 is 47.4 Å². The lowest BCUT2D eigenvalue weighted by Crippen LogP contribution is -2.20. The van der Waals surface area contributed by atoms with E-state index < -0.39 is 20.0 Å². The van der Waals surface area contributed by atoms with Crippen LogP contribution in [0.2, 0.25) is 0 Å². The molecule has 0 spiro atoms. The topological polar surface area (TPSA) is 105 Å². The van der Waals surface area contributed by atoms with Gasteiger partial charge in [-0.25, -0.2) is 8.42 Å². The summed E-state index contributed by atoms with van der Waals surface area (Å²) in [6.45, 7) is 3.52. The number of nitrogens with one attached hydrogen (secondary N) is 2. The van der Waals surface area contributed by atoms with Gasteiger partial charge >= 0.3 is 0 Å². The fourth-order valence-electron chi connectivity index (χ4n) is 2.57. The third-order valence-corrected chi connectivity index (χ3v) is 7.49. The van der Waals surface area contributed by atoms with E-state index in [-0.39, 0.29) is 9.79 Å². The number of hydrogen-bond donors (Lipinski definition) is 2. The third kappa shape index (κ3) is 5.93. The molecule has 0 radical (unpaired) electrons. The van der Waals surface area contributed by atoms with Crippen molar-refractivity contribution in [2.24, 2.45) is 5.10 Å². The number of halogens is 1. The van der Waals surface area contributed by atoms with Gasteiger partial charge in [-0.1, -0.05) is 45.8 Å². The summed E-state index contributed by atoms with van der Waals surface area (Å²) in [5.74, 6) is 0. The lowest BCUT2D eigenvalue weighted by molar-refractivity contribution is 0.584. The molecule has 0 saturated carbocycles. The summed E-state index contributed by atoms with van der Waals surface area (Å²) in [5.41, 5.74) is 2.39. The monoisotopic (exact) mass is 521 g/mol. The van der Waals surface area contributed by atoms with Gasteiger partial charge in [0.15, 0.2) is 0 Å². The van der Waals surface area contributed by atoms with Gasteiger partial charge in [0.1, 0.15) is 0 Å². The molecule has 0 bridgehead atoms. The minimum absolute atomic E-state index is 0.118. The molecule has 0 aliphatic rings. The SMILES string of the molecule is C/C(=N\NS(=O)(=O)c1ccc(C)cc1)c1ccc(NS(=O)(=O)c2ccc(Br)cc2)cc1. The summed E-state index contributed by atoms with van der Waals surface area (Å²) >= 11 is 3.27. The van der Waals surface area contributed by atoms with Gasteiger partial charge in [0, 0.05) is 10.2 Å². The zero-order valence-electron chi connectivity index (χ0n) is 16.7. The summed E-state index contributed by atoms with van der Waals surface area (Å²) in [5, 5.41) is 3.96. The van der Waals surface area contributed by atoms with E-state index in [9.17, 15) is 16.8 Å². The van der Waals surface area contributed by atoms with Crippen LogP contribution >= 0.6 is 15.9 Å². The Morgan fingerprint density at radius 3 is 1.87 bits per heavy atom. The molecule has 3 aromatic carbocycles. The first kappa shape index (κ1) is 23.0. The van der Waals surface area contributed by atoms with E-state index >= 15 is 0 Å². The first-order valence-electron chi connectivity index (χ1n) is 9.08. The van der Waals surface area contributed by atoms with E-state index in [1.54, 1.807) is 55.5 Å². The largest absolute Gasteiger partial charge is 0.280 e. The molecular weight excluding hydrogens is 502 g/mol. The van der Waals surface area contributed by atoms with Crippen LogP contribution in [0.15, 0.2) is 92.2 Å². The average Bonchev–Trinajstić information content (AvgIpc) is 2.73. The van der Waals surface area contributed by atoms with Crippen molar-refractivity contribution < 1.29 is 16.8 Å². The van der Waals surface area contributed by atoms with Crippen LogP contribution in [0.3, 0.4) is 0 Å². The predicted molar refractivity (Wildman–Crippen MR) is 125 cm³/mol. The molecule has 0 aromatic heterocycles. The summed E-state index contributed by atoms with van der Waals surface area (Å²) in [6.07, 6.45) is 0. The van der Waals surface area contributed by atoms with Crippen LogP contribution in [0.4, 0.5) is 5.69 Å². The van der Waals surface area contributed by atoms with Crippen LogP contribution in [-0.2, 0) is 20.0 Å². The molecule has 0 saturated heterocycles. The van der Waals surface area contributed by atoms with Gasteiger partial charge in [0.05, 0.1) is 15.5 Å². The second-order valence-electron chi connectivity index (χ2n) is 6.74. The van der Waals surface area contributed by atoms with Crippen LogP contribution in [0.1, 0.15) is 18.1 Å². The number of aryl methyl sites for hydroxylation is 1. The Kier molecular flexibility index (Phi) is 6.83. The van der Waals surface area contributed by atoms with Gasteiger partial charge in [-0.2, -0.15) is 18.4 Å². The quantitative estimate of drug-likeness (QED) is 0.357. The molecule has 0 atom stereocenters. The Balaban J connectivity index is 1.71. The highest BCUT2D eigenvalue weighted by Gasteiger charge is 2.15. The predicted octanol–water partition coefficient (Wildman–Crippen LogP) is 4.26. The fraction of sp³-hybridized carbons (Fsp3) is 0.0952. The van der Waals surface area contributed by atoms with Gasteiger partial charge in [0.2, 0.25) is 0 Å². The molecule has 10 heteroatoms. The number of hydrazone groups is 1. The summed E-state index contributed by atoms with van der Waals surface area (Å²) in [7, 11) is -7.50. The lowest BCUT2D eigenvalue weighted by Gasteiger charge is -2.09. The molecule has 0 unspecified atom stereocenters. The Morgan fingerprint density at radius 1 is 0.774 bits per heavy atom. The highest BCUT2D eigenvalue weighted by molar-refractivity contribution is 9.10. The lowest BCUT2D eigenvalue weighted by atomic mass is 10.1. The van der Waals surface area contributed by atoms with Crippen LogP contribution in [-0.4, -0.2) is 22.5 Å². The van der Waals surface area contributed by atoms with Gasteiger partial charge in [-0.3, -0.25) is 4.72 Å². The van der Waals surface area contributed by atoms with E-state index in [1.165, 1.54) is 24.3 Å². The van der Waals surface area contributed by atoms with E-state index in [4.69, 9.17) is 0 Å². The molecule has 0 aliphatic heterocycles. The number of benzene rings is 3. The fourth-order valence-corrected chi connectivity index (χ4v) is 4.75. The van der Waals surface area contributed by atoms with Gasteiger partial charge in [-0.15, -0.1) is 0 Å². The van der Waals surface area contributed by atoms with Crippen molar-refractivity contribution in [3.8, 4) is 0 Å². The van der Waals surface area contributed by atoms with Crippen LogP contribution in [0, 0.1) is 6.92 Å². The molecule has 3 aromatic rings. The van der Waals surface area contributed by atoms with Gasteiger partial charge < -0.3 is 0 Å². The maximum absolute atomic E-state index is 12.5. The second kappa shape index (κ2) is 9.21. The number of sulfonamides is 2. The van der Waals surface area contributed by atoms with Crippen LogP contribution < -0.4 is 9.55 Å². The number of hydrogen-bond acceptors (Lipinski definition) is 5. The molecular formula is C21H20BrN3O4S2. The zero-order chi connectivity index (χ0) is 22.6. The summed E-state index contributed by atoms with van der Waals surface area (Å²) < 4.78 is 52.9. The highest BCUT2D eigenvalue weighted by Crippen LogP contribution is 2.19. The van der Waals surface area contributed by atoms with Gasteiger partial charge in [0.25, 0.3) is 20.0 Å². The van der Waals surface area contributed by atoms with Crippen molar-refractivity contribution in [1.82, 2.24) is 4.83 Å². The van der Waals surface area contributed by atoms with Gasteiger partial charge in [-0.05, 0) is 67.9 Å². The molecule has 162 valence electrons. The Bertz CT molecular complexity index is 1300. The maximum Gasteiger partial charge on any atom is 0.276 e. The Hall–Kier alpha value is -2.69. The highest BCUT2D eigenvalue weighted by atomic mass is 79.9. The number of rotatable bonds is 7. The maximum atomic E-state index is 12.5. The van der Waals surface area contributed by atoms with Crippen molar-refractivity contribution in [2.45, 2.75) is 23.6 Å². The normalized spacial score (nSPS) is 12.4. The van der Waals surface area contributed by atoms with Crippen molar-refractivity contribution in [3.05, 3.63) is 88.4 Å². The van der Waals surface area contributed by atoms with Crippen molar-refractivity contribution in [2.75, 3.05) is 4.72 Å². The van der Waals surface area contributed by atoms with Crippen LogP contribution in [0.5, 0.6) is 0 Å². The number of anilines is 1. The standard InChI is InChI=1S/C21H20BrN3O4S2/c1-15-3-11-21(12-4-15)31(28,29)25-23-16(2)17-5-9-19(10-6-17)24-30(26,27)20-13-7-18(22)8-14-20/h3-14,24-25H,1-2H3/b23-16+. The van der Waals surface area contributed by atoms with E-state index in [0.29, 0.717) is 17.0 Å². The Morgan fingerprint density at radius 2 is 1.29 bits per heavy atom. The molecule has 0 amide bonds. The smallest absolute Gasteiger partial charge is 0.276 e. The third-order valence-electron chi connectivity index (χ3n) is 4.34. The molecule has 31 heavy (non-hydrogen) atoms. The summed E-state index contributed by atoms with van der Waals surface area (Å²) in [4.78, 5) is 2.48. The molecule has 0 aliphatic carbocycles. The first-order valence-corrected chi connectivity index (χ1v) is 12.8. The summed E-state index contributed by atoms with van der Waals surface area (Å²) in [6, 6.07) is 19.2. The molecule has 3 rings (SSSR count). The molecule has 7 nitrogen and oxygen atoms in total. The second-order valence-corrected chi connectivity index (χ2v) is 11.0. The molecule has 0 fully saturated rings. The van der Waals surface area contributed by atoms with E-state index in [2.05, 4.69) is 30.6 Å². The molecule has 2 N–H and O–H groups in total. The zero-order valence-corrected chi connectivity index (χ0v) is 19.9. The minimum Gasteiger partial charge on any atom is -0.280 e. The van der Waals surface area contributed by atoms with Crippen LogP contribution in [0.25, 0.3) is 0 Å². The van der Waals surface area contributed by atoms with E-state index in [0.717, 1.165) is 10.0 Å². The van der Waals surface area contributed by atoms with Crippen molar-refractivity contribution in [1.29, 1.82) is 0 Å². The van der Waals surface area contributed by atoms with Crippen molar-refractivity contribution in [3.63, 3.8) is 0 Å². The number of nitrogens with zero attached hydrogens (tertiary/aromatic N) is 1. The Labute approximate surface area is 190 Å². The minimum atomic E-state index is -3.78. The molecule has 0 heterocycles.